The van der Waals surface area contributed by atoms with Gasteiger partial charge < -0.3 is 10.2 Å². The van der Waals surface area contributed by atoms with Crippen LogP contribution in [0.25, 0.3) is 0 Å². The first-order valence-corrected chi connectivity index (χ1v) is 6.42. The molecule has 0 unspecified atom stereocenters. The molecule has 1 fully saturated rings. The predicted molar refractivity (Wildman–Crippen MR) is 68.6 cm³/mol. The normalized spacial score (nSPS) is 16.7. The fourth-order valence-electron chi connectivity index (χ4n) is 2.10. The second-order valence-electron chi connectivity index (χ2n) is 4.95. The standard InChI is InChI=1S/C14H19FN2O/c1-11-6-8-17(9-7-11)14(18)16-10-12-2-4-13(15)5-3-12/h2-5,11H,6-10H2,1H3,(H,16,18). The van der Waals surface area contributed by atoms with Crippen LogP contribution < -0.4 is 5.32 Å². The number of hydrogen-bond donors (Lipinski definition) is 1. The average molecular weight is 250 g/mol. The summed E-state index contributed by atoms with van der Waals surface area (Å²) in [6, 6.07) is 6.17. The first kappa shape index (κ1) is 12.9. The third-order valence-corrected chi connectivity index (χ3v) is 3.43. The topological polar surface area (TPSA) is 32.3 Å². The Morgan fingerprint density at radius 2 is 1.94 bits per heavy atom. The zero-order valence-electron chi connectivity index (χ0n) is 10.7. The van der Waals surface area contributed by atoms with Gasteiger partial charge in [-0.1, -0.05) is 19.1 Å². The van der Waals surface area contributed by atoms with E-state index in [4.69, 9.17) is 0 Å². The van der Waals surface area contributed by atoms with Gasteiger partial charge in [-0.15, -0.1) is 0 Å². The molecule has 1 aromatic carbocycles. The van der Waals surface area contributed by atoms with Crippen LogP contribution >= 0.6 is 0 Å². The van der Waals surface area contributed by atoms with E-state index >= 15 is 0 Å². The van der Waals surface area contributed by atoms with Crippen molar-refractivity contribution < 1.29 is 9.18 Å². The Bertz CT molecular complexity index is 397. The van der Waals surface area contributed by atoms with Crippen LogP contribution in [0.4, 0.5) is 9.18 Å². The van der Waals surface area contributed by atoms with Gasteiger partial charge in [-0.3, -0.25) is 0 Å². The first-order chi connectivity index (χ1) is 8.65. The maximum absolute atomic E-state index is 12.7. The van der Waals surface area contributed by atoms with Gasteiger partial charge >= 0.3 is 6.03 Å². The molecule has 1 N–H and O–H groups in total. The summed E-state index contributed by atoms with van der Waals surface area (Å²) in [5.41, 5.74) is 0.912. The van der Waals surface area contributed by atoms with E-state index in [-0.39, 0.29) is 11.8 Å². The zero-order valence-corrected chi connectivity index (χ0v) is 10.7. The van der Waals surface area contributed by atoms with Crippen LogP contribution in [-0.4, -0.2) is 24.0 Å². The number of nitrogens with one attached hydrogen (secondary N) is 1. The minimum atomic E-state index is -0.255. The van der Waals surface area contributed by atoms with E-state index < -0.39 is 0 Å². The van der Waals surface area contributed by atoms with Gasteiger partial charge in [0.05, 0.1) is 0 Å². The third kappa shape index (κ3) is 3.45. The Hall–Kier alpha value is -1.58. The summed E-state index contributed by atoms with van der Waals surface area (Å²) < 4.78 is 12.7. The fraction of sp³-hybridized carbons (Fsp3) is 0.500. The van der Waals surface area contributed by atoms with Crippen LogP contribution in [-0.2, 0) is 6.54 Å². The molecule has 1 aromatic rings. The Balaban J connectivity index is 1.79. The van der Waals surface area contributed by atoms with Crippen LogP contribution in [0.5, 0.6) is 0 Å². The van der Waals surface area contributed by atoms with Gasteiger partial charge in [-0.2, -0.15) is 0 Å². The maximum atomic E-state index is 12.7. The number of benzene rings is 1. The number of halogens is 1. The van der Waals surface area contributed by atoms with Gasteiger partial charge in [0.15, 0.2) is 0 Å². The molecular weight excluding hydrogens is 231 g/mol. The summed E-state index contributed by atoms with van der Waals surface area (Å²) >= 11 is 0. The van der Waals surface area contributed by atoms with E-state index in [0.717, 1.165) is 31.5 Å². The van der Waals surface area contributed by atoms with Gasteiger partial charge in [0.1, 0.15) is 5.82 Å². The van der Waals surface area contributed by atoms with E-state index in [1.165, 1.54) is 12.1 Å². The number of likely N-dealkylation sites (tertiary alicyclic amines) is 1. The monoisotopic (exact) mass is 250 g/mol. The summed E-state index contributed by atoms with van der Waals surface area (Å²) in [5.74, 6) is 0.459. The number of hydrogen-bond acceptors (Lipinski definition) is 1. The first-order valence-electron chi connectivity index (χ1n) is 6.42. The molecule has 0 spiro atoms. The lowest BCUT2D eigenvalue weighted by atomic mass is 10.00. The molecule has 18 heavy (non-hydrogen) atoms. The molecule has 0 bridgehead atoms. The molecule has 0 saturated carbocycles. The summed E-state index contributed by atoms with van der Waals surface area (Å²) in [6.07, 6.45) is 2.15. The molecule has 2 amide bonds. The molecule has 1 heterocycles. The van der Waals surface area contributed by atoms with Gasteiger partial charge in [-0.05, 0) is 36.5 Å². The van der Waals surface area contributed by atoms with Crippen molar-refractivity contribution in [2.45, 2.75) is 26.3 Å². The molecule has 1 aliphatic heterocycles. The highest BCUT2D eigenvalue weighted by Gasteiger charge is 2.19. The Kier molecular flexibility index (Phi) is 4.18. The van der Waals surface area contributed by atoms with Gasteiger partial charge in [0, 0.05) is 19.6 Å². The second-order valence-corrected chi connectivity index (χ2v) is 4.95. The number of nitrogens with zero attached hydrogens (tertiary/aromatic N) is 1. The van der Waals surface area contributed by atoms with Crippen molar-refractivity contribution in [2.24, 2.45) is 5.92 Å². The molecule has 1 saturated heterocycles. The minimum Gasteiger partial charge on any atom is -0.334 e. The Morgan fingerprint density at radius 1 is 1.33 bits per heavy atom. The SMILES string of the molecule is CC1CCN(C(=O)NCc2ccc(F)cc2)CC1. The lowest BCUT2D eigenvalue weighted by Gasteiger charge is -2.30. The van der Waals surface area contributed by atoms with Gasteiger partial charge in [-0.25, -0.2) is 9.18 Å². The van der Waals surface area contributed by atoms with Crippen molar-refractivity contribution in [1.29, 1.82) is 0 Å². The maximum Gasteiger partial charge on any atom is 0.317 e. The number of piperidine rings is 1. The second kappa shape index (κ2) is 5.85. The quantitative estimate of drug-likeness (QED) is 0.860. The summed E-state index contributed by atoms with van der Waals surface area (Å²) in [6.45, 7) is 4.33. The smallest absolute Gasteiger partial charge is 0.317 e. The highest BCUT2D eigenvalue weighted by Crippen LogP contribution is 2.15. The number of carbonyl (C=O) groups is 1. The molecule has 3 nitrogen and oxygen atoms in total. The lowest BCUT2D eigenvalue weighted by Crippen LogP contribution is -2.43. The minimum absolute atomic E-state index is 0.0220. The molecule has 0 radical (unpaired) electrons. The van der Waals surface area contributed by atoms with E-state index in [9.17, 15) is 9.18 Å². The number of amides is 2. The van der Waals surface area contributed by atoms with Crippen molar-refractivity contribution in [1.82, 2.24) is 10.2 Å². The molecule has 4 heteroatoms. The molecule has 98 valence electrons. The zero-order chi connectivity index (χ0) is 13.0. The van der Waals surface area contributed by atoms with E-state index in [1.54, 1.807) is 12.1 Å². The van der Waals surface area contributed by atoms with Crippen molar-refractivity contribution >= 4 is 6.03 Å². The third-order valence-electron chi connectivity index (χ3n) is 3.43. The molecule has 1 aliphatic rings. The van der Waals surface area contributed by atoms with E-state index in [2.05, 4.69) is 12.2 Å². The summed E-state index contributed by atoms with van der Waals surface area (Å²) in [7, 11) is 0. The van der Waals surface area contributed by atoms with Crippen LogP contribution in [0.1, 0.15) is 25.3 Å². The highest BCUT2D eigenvalue weighted by atomic mass is 19.1. The lowest BCUT2D eigenvalue weighted by molar-refractivity contribution is 0.173. The van der Waals surface area contributed by atoms with Gasteiger partial charge in [0.2, 0.25) is 0 Å². The molecule has 0 aliphatic carbocycles. The molecule has 0 atom stereocenters. The highest BCUT2D eigenvalue weighted by molar-refractivity contribution is 5.74. The summed E-state index contributed by atoms with van der Waals surface area (Å²) in [4.78, 5) is 13.7. The summed E-state index contributed by atoms with van der Waals surface area (Å²) in [5, 5.41) is 2.87. The van der Waals surface area contributed by atoms with Crippen LogP contribution in [0.15, 0.2) is 24.3 Å². The van der Waals surface area contributed by atoms with Gasteiger partial charge in [0.25, 0.3) is 0 Å². The number of urea groups is 1. The van der Waals surface area contributed by atoms with Crippen LogP contribution in [0.3, 0.4) is 0 Å². The Morgan fingerprint density at radius 3 is 2.56 bits per heavy atom. The van der Waals surface area contributed by atoms with Crippen molar-refractivity contribution in [3.05, 3.63) is 35.6 Å². The van der Waals surface area contributed by atoms with Crippen LogP contribution in [0, 0.1) is 11.7 Å². The van der Waals surface area contributed by atoms with Crippen molar-refractivity contribution in [3.8, 4) is 0 Å². The van der Waals surface area contributed by atoms with E-state index in [0.29, 0.717) is 12.5 Å². The predicted octanol–water partition coefficient (Wildman–Crippen LogP) is 2.77. The van der Waals surface area contributed by atoms with Crippen molar-refractivity contribution in [3.63, 3.8) is 0 Å². The number of rotatable bonds is 2. The fourth-order valence-corrected chi connectivity index (χ4v) is 2.10. The molecule has 0 aromatic heterocycles. The number of carbonyl (C=O) groups excluding carboxylic acids is 1. The van der Waals surface area contributed by atoms with E-state index in [1.807, 2.05) is 4.90 Å². The largest absolute Gasteiger partial charge is 0.334 e. The van der Waals surface area contributed by atoms with Crippen LogP contribution in [0.2, 0.25) is 0 Å². The average Bonchev–Trinajstić information content (AvgIpc) is 2.38. The molecular formula is C14H19FN2O. The Labute approximate surface area is 107 Å². The van der Waals surface area contributed by atoms with Crippen molar-refractivity contribution in [2.75, 3.05) is 13.1 Å². The molecule has 2 rings (SSSR count).